The molecule has 0 aromatic heterocycles. The van der Waals surface area contributed by atoms with Gasteiger partial charge in [0.2, 0.25) is 0 Å². The van der Waals surface area contributed by atoms with Gasteiger partial charge in [0.1, 0.15) is 0 Å². The molecule has 17 heavy (non-hydrogen) atoms. The smallest absolute Gasteiger partial charge is 0.0202 e. The van der Waals surface area contributed by atoms with E-state index in [-0.39, 0.29) is 0 Å². The molecule has 0 aliphatic carbocycles. The molecule has 0 heterocycles. The lowest BCUT2D eigenvalue weighted by atomic mass is 10.1. The minimum atomic E-state index is 0.954. The molecular formula is C15H28N2. The van der Waals surface area contributed by atoms with Crippen LogP contribution in [-0.4, -0.2) is 32.1 Å². The largest absolute Gasteiger partial charge is 0.316 e. The Balaban J connectivity index is 0.00000121. The summed E-state index contributed by atoms with van der Waals surface area (Å²) in [6, 6.07) is 8.88. The van der Waals surface area contributed by atoms with Crippen molar-refractivity contribution < 1.29 is 0 Å². The van der Waals surface area contributed by atoms with Crippen molar-refractivity contribution in [1.29, 1.82) is 0 Å². The molecule has 0 spiro atoms. The second kappa shape index (κ2) is 10.3. The summed E-state index contributed by atoms with van der Waals surface area (Å²) in [7, 11) is 4.14. The normalized spacial score (nSPS) is 10.0. The number of nitrogens with zero attached hydrogens (tertiary/aromatic N) is 1. The molecule has 1 aromatic carbocycles. The van der Waals surface area contributed by atoms with Gasteiger partial charge in [0.25, 0.3) is 0 Å². The average molecular weight is 236 g/mol. The Labute approximate surface area is 107 Å². The zero-order valence-corrected chi connectivity index (χ0v) is 12.1. The van der Waals surface area contributed by atoms with Crippen LogP contribution in [-0.2, 0) is 13.0 Å². The first-order valence-electron chi connectivity index (χ1n) is 6.67. The lowest BCUT2D eigenvalue weighted by molar-refractivity contribution is 0.357. The summed E-state index contributed by atoms with van der Waals surface area (Å²) in [6.45, 7) is 9.41. The van der Waals surface area contributed by atoms with Gasteiger partial charge < -0.3 is 10.2 Å². The third kappa shape index (κ3) is 7.14. The van der Waals surface area contributed by atoms with Gasteiger partial charge in [-0.25, -0.2) is 0 Å². The van der Waals surface area contributed by atoms with Crippen molar-refractivity contribution in [3.63, 3.8) is 0 Å². The molecule has 0 aliphatic rings. The summed E-state index contributed by atoms with van der Waals surface area (Å²) in [6.07, 6.45) is 1.14. The SMILES string of the molecule is CC.CCN(C)CCc1ccc(CNC)cc1. The fraction of sp³-hybridized carbons (Fsp3) is 0.600. The van der Waals surface area contributed by atoms with E-state index in [4.69, 9.17) is 0 Å². The predicted molar refractivity (Wildman–Crippen MR) is 77.4 cm³/mol. The molecular weight excluding hydrogens is 208 g/mol. The Morgan fingerprint density at radius 3 is 2.06 bits per heavy atom. The second-order valence-electron chi connectivity index (χ2n) is 3.99. The molecule has 1 N–H and O–H groups in total. The number of nitrogens with one attached hydrogen (secondary N) is 1. The third-order valence-corrected chi connectivity index (χ3v) is 2.73. The van der Waals surface area contributed by atoms with Crippen LogP contribution in [0.15, 0.2) is 24.3 Å². The minimum absolute atomic E-state index is 0.954. The van der Waals surface area contributed by atoms with Gasteiger partial charge in [0.05, 0.1) is 0 Å². The monoisotopic (exact) mass is 236 g/mol. The first-order chi connectivity index (χ1) is 8.26. The maximum Gasteiger partial charge on any atom is 0.0202 e. The predicted octanol–water partition coefficient (Wildman–Crippen LogP) is 2.93. The molecule has 0 atom stereocenters. The highest BCUT2D eigenvalue weighted by Gasteiger charge is 1.97. The van der Waals surface area contributed by atoms with E-state index in [1.54, 1.807) is 0 Å². The lowest BCUT2D eigenvalue weighted by Gasteiger charge is -2.13. The van der Waals surface area contributed by atoms with Crippen molar-refractivity contribution in [3.8, 4) is 0 Å². The van der Waals surface area contributed by atoms with Crippen LogP contribution in [0, 0.1) is 0 Å². The zero-order valence-electron chi connectivity index (χ0n) is 12.1. The number of rotatable bonds is 6. The fourth-order valence-corrected chi connectivity index (χ4v) is 1.51. The van der Waals surface area contributed by atoms with E-state index in [0.717, 1.165) is 26.1 Å². The molecule has 0 aliphatic heterocycles. The van der Waals surface area contributed by atoms with Gasteiger partial charge in [0, 0.05) is 13.1 Å². The molecule has 0 amide bonds. The Morgan fingerprint density at radius 1 is 1.06 bits per heavy atom. The zero-order chi connectivity index (χ0) is 13.1. The molecule has 0 fully saturated rings. The van der Waals surface area contributed by atoms with Crippen LogP contribution in [0.25, 0.3) is 0 Å². The van der Waals surface area contributed by atoms with Gasteiger partial charge >= 0.3 is 0 Å². The van der Waals surface area contributed by atoms with Gasteiger partial charge in [-0.2, -0.15) is 0 Å². The van der Waals surface area contributed by atoms with Crippen LogP contribution in [0.1, 0.15) is 31.9 Å². The van der Waals surface area contributed by atoms with Crippen molar-refractivity contribution in [2.24, 2.45) is 0 Å². The van der Waals surface area contributed by atoms with Crippen molar-refractivity contribution in [1.82, 2.24) is 10.2 Å². The maximum atomic E-state index is 3.15. The van der Waals surface area contributed by atoms with Crippen LogP contribution in [0.3, 0.4) is 0 Å². The first kappa shape index (κ1) is 16.1. The highest BCUT2D eigenvalue weighted by atomic mass is 15.1. The van der Waals surface area contributed by atoms with Gasteiger partial charge in [0.15, 0.2) is 0 Å². The lowest BCUT2D eigenvalue weighted by Crippen LogP contribution is -2.20. The van der Waals surface area contributed by atoms with Crippen LogP contribution < -0.4 is 5.32 Å². The Hall–Kier alpha value is -0.860. The molecule has 0 radical (unpaired) electrons. The van der Waals surface area contributed by atoms with Crippen LogP contribution in [0.2, 0.25) is 0 Å². The summed E-state index contributed by atoms with van der Waals surface area (Å²) in [5.74, 6) is 0. The molecule has 1 aromatic rings. The summed E-state index contributed by atoms with van der Waals surface area (Å²) in [5, 5.41) is 3.15. The van der Waals surface area contributed by atoms with Crippen LogP contribution in [0.5, 0.6) is 0 Å². The number of likely N-dealkylation sites (N-methyl/N-ethyl adjacent to an activating group) is 1. The average Bonchev–Trinajstić information content (AvgIpc) is 2.40. The quantitative estimate of drug-likeness (QED) is 0.817. The summed E-state index contributed by atoms with van der Waals surface area (Å²) < 4.78 is 0. The van der Waals surface area contributed by atoms with Crippen molar-refractivity contribution in [2.75, 3.05) is 27.2 Å². The van der Waals surface area contributed by atoms with E-state index in [1.165, 1.54) is 11.1 Å². The molecule has 0 unspecified atom stereocenters. The highest BCUT2D eigenvalue weighted by molar-refractivity contribution is 5.22. The second-order valence-corrected chi connectivity index (χ2v) is 3.99. The molecule has 2 heteroatoms. The van der Waals surface area contributed by atoms with Gasteiger partial charge in [-0.1, -0.05) is 45.0 Å². The van der Waals surface area contributed by atoms with E-state index in [2.05, 4.69) is 48.5 Å². The first-order valence-corrected chi connectivity index (χ1v) is 6.67. The minimum Gasteiger partial charge on any atom is -0.316 e. The molecule has 0 saturated heterocycles. The van der Waals surface area contributed by atoms with Gasteiger partial charge in [-0.3, -0.25) is 0 Å². The molecule has 0 bridgehead atoms. The summed E-state index contributed by atoms with van der Waals surface area (Å²) >= 11 is 0. The molecule has 98 valence electrons. The van der Waals surface area contributed by atoms with E-state index < -0.39 is 0 Å². The van der Waals surface area contributed by atoms with Crippen molar-refractivity contribution in [2.45, 2.75) is 33.7 Å². The van der Waals surface area contributed by atoms with Gasteiger partial charge in [-0.05, 0) is 38.2 Å². The standard InChI is InChI=1S/C13H22N2.C2H6/c1-4-15(3)10-9-12-5-7-13(8-6-12)11-14-2;1-2/h5-8,14H,4,9-11H2,1-3H3;1-2H3. The van der Waals surface area contributed by atoms with Gasteiger partial charge in [-0.15, -0.1) is 0 Å². The summed E-state index contributed by atoms with van der Waals surface area (Å²) in [5.41, 5.74) is 2.78. The Kier molecular flexibility index (Phi) is 9.78. The topological polar surface area (TPSA) is 15.3 Å². The number of hydrogen-bond donors (Lipinski definition) is 1. The maximum absolute atomic E-state index is 3.15. The van der Waals surface area contributed by atoms with Crippen molar-refractivity contribution >= 4 is 0 Å². The van der Waals surface area contributed by atoms with E-state index >= 15 is 0 Å². The third-order valence-electron chi connectivity index (χ3n) is 2.73. The fourth-order valence-electron chi connectivity index (χ4n) is 1.51. The molecule has 2 nitrogen and oxygen atoms in total. The Bertz CT molecular complexity index is 267. The number of benzene rings is 1. The van der Waals surface area contributed by atoms with E-state index in [1.807, 2.05) is 20.9 Å². The van der Waals surface area contributed by atoms with E-state index in [0.29, 0.717) is 0 Å². The Morgan fingerprint density at radius 2 is 1.59 bits per heavy atom. The van der Waals surface area contributed by atoms with Crippen LogP contribution in [0.4, 0.5) is 0 Å². The highest BCUT2D eigenvalue weighted by Crippen LogP contribution is 2.05. The van der Waals surface area contributed by atoms with Crippen molar-refractivity contribution in [3.05, 3.63) is 35.4 Å². The van der Waals surface area contributed by atoms with E-state index in [9.17, 15) is 0 Å². The number of hydrogen-bond acceptors (Lipinski definition) is 2. The van der Waals surface area contributed by atoms with Crippen LogP contribution >= 0.6 is 0 Å². The molecule has 1 rings (SSSR count). The summed E-state index contributed by atoms with van der Waals surface area (Å²) in [4.78, 5) is 2.33. The molecule has 0 saturated carbocycles.